The predicted octanol–water partition coefficient (Wildman–Crippen LogP) is 3.35. The summed E-state index contributed by atoms with van der Waals surface area (Å²) in [6, 6.07) is 12.1. The quantitative estimate of drug-likeness (QED) is 0.869. The van der Waals surface area contributed by atoms with Gasteiger partial charge in [0.25, 0.3) is 0 Å². The van der Waals surface area contributed by atoms with Gasteiger partial charge in [-0.05, 0) is 30.7 Å². The number of ether oxygens (including phenoxy) is 1. The summed E-state index contributed by atoms with van der Waals surface area (Å²) in [5.74, 6) is 0.294. The Balaban J connectivity index is 2.22. The van der Waals surface area contributed by atoms with Crippen molar-refractivity contribution in [2.75, 3.05) is 0 Å². The molecule has 0 aliphatic rings. The normalized spacial score (nSPS) is 10.2. The molecule has 19 heavy (non-hydrogen) atoms. The van der Waals surface area contributed by atoms with Crippen molar-refractivity contribution in [1.29, 1.82) is 0 Å². The number of halogens is 1. The Labute approximate surface area is 117 Å². The van der Waals surface area contributed by atoms with Gasteiger partial charge >= 0.3 is 0 Å². The summed E-state index contributed by atoms with van der Waals surface area (Å²) >= 11 is 4.97. The van der Waals surface area contributed by atoms with E-state index >= 15 is 0 Å². The Morgan fingerprint density at radius 1 is 1.26 bits per heavy atom. The van der Waals surface area contributed by atoms with Gasteiger partial charge in [0, 0.05) is 5.56 Å². The van der Waals surface area contributed by atoms with Gasteiger partial charge in [-0.2, -0.15) is 0 Å². The summed E-state index contributed by atoms with van der Waals surface area (Å²) in [7, 11) is 0. The summed E-state index contributed by atoms with van der Waals surface area (Å²) in [5.41, 5.74) is 7.83. The number of hydrogen-bond acceptors (Lipinski definition) is 2. The van der Waals surface area contributed by atoms with Gasteiger partial charge in [0.1, 0.15) is 23.2 Å². The van der Waals surface area contributed by atoms with Gasteiger partial charge in [0.2, 0.25) is 0 Å². The van der Waals surface area contributed by atoms with Crippen LogP contribution in [0.5, 0.6) is 5.75 Å². The lowest BCUT2D eigenvalue weighted by atomic mass is 10.1. The van der Waals surface area contributed by atoms with Crippen molar-refractivity contribution < 1.29 is 9.13 Å². The average Bonchev–Trinajstić information content (AvgIpc) is 2.37. The molecule has 0 atom stereocenters. The molecule has 0 unspecified atom stereocenters. The number of aryl methyl sites for hydroxylation is 1. The highest BCUT2D eigenvalue weighted by atomic mass is 32.1. The maximum Gasteiger partial charge on any atom is 0.130 e. The van der Waals surface area contributed by atoms with Crippen LogP contribution in [-0.2, 0) is 6.61 Å². The van der Waals surface area contributed by atoms with Crippen molar-refractivity contribution in [2.24, 2.45) is 5.73 Å². The molecule has 2 N–H and O–H groups in total. The lowest BCUT2D eigenvalue weighted by Crippen LogP contribution is -2.12. The van der Waals surface area contributed by atoms with Crippen molar-refractivity contribution in [2.45, 2.75) is 13.5 Å². The van der Waals surface area contributed by atoms with E-state index in [0.717, 1.165) is 5.56 Å². The first kappa shape index (κ1) is 13.5. The van der Waals surface area contributed by atoms with Gasteiger partial charge in [-0.15, -0.1) is 0 Å². The Morgan fingerprint density at radius 3 is 2.68 bits per heavy atom. The van der Waals surface area contributed by atoms with Crippen LogP contribution < -0.4 is 10.5 Å². The summed E-state index contributed by atoms with van der Waals surface area (Å²) in [5, 5.41) is 0. The Hall–Kier alpha value is -1.94. The van der Waals surface area contributed by atoms with Gasteiger partial charge in [0.15, 0.2) is 0 Å². The fourth-order valence-electron chi connectivity index (χ4n) is 1.72. The molecular weight excluding hydrogens is 261 g/mol. The van der Waals surface area contributed by atoms with Crippen LogP contribution in [0.15, 0.2) is 42.5 Å². The van der Waals surface area contributed by atoms with Crippen LogP contribution in [0.1, 0.15) is 16.7 Å². The molecule has 0 aliphatic heterocycles. The van der Waals surface area contributed by atoms with Gasteiger partial charge in [0.05, 0.1) is 5.56 Å². The van der Waals surface area contributed by atoms with Gasteiger partial charge < -0.3 is 10.5 Å². The van der Waals surface area contributed by atoms with E-state index in [1.807, 2.05) is 25.1 Å². The Kier molecular flexibility index (Phi) is 4.12. The molecular formula is C15H14FNOS. The minimum absolute atomic E-state index is 0.145. The molecule has 0 amide bonds. The van der Waals surface area contributed by atoms with Crippen LogP contribution in [0.2, 0.25) is 0 Å². The van der Waals surface area contributed by atoms with Crippen molar-refractivity contribution in [3.8, 4) is 5.75 Å². The fraction of sp³-hybridized carbons (Fsp3) is 0.133. The molecule has 0 saturated heterocycles. The maximum absolute atomic E-state index is 13.5. The monoisotopic (exact) mass is 275 g/mol. The number of rotatable bonds is 4. The van der Waals surface area contributed by atoms with Crippen LogP contribution in [0.4, 0.5) is 4.39 Å². The zero-order valence-corrected chi connectivity index (χ0v) is 11.3. The molecule has 2 rings (SSSR count). The molecule has 0 heterocycles. The van der Waals surface area contributed by atoms with Crippen LogP contribution in [0.3, 0.4) is 0 Å². The number of nitrogens with two attached hydrogens (primary N) is 1. The highest BCUT2D eigenvalue weighted by Crippen LogP contribution is 2.22. The molecule has 2 aromatic carbocycles. The summed E-state index contributed by atoms with van der Waals surface area (Å²) < 4.78 is 19.1. The molecule has 0 spiro atoms. The van der Waals surface area contributed by atoms with Crippen LogP contribution >= 0.6 is 12.2 Å². The van der Waals surface area contributed by atoms with E-state index in [4.69, 9.17) is 22.7 Å². The number of benzene rings is 2. The van der Waals surface area contributed by atoms with E-state index in [1.165, 1.54) is 6.07 Å². The SMILES string of the molecule is Cc1ccc(C(N)=S)c(OCc2ccccc2F)c1. The van der Waals surface area contributed by atoms with E-state index in [2.05, 4.69) is 0 Å². The largest absolute Gasteiger partial charge is 0.488 e. The highest BCUT2D eigenvalue weighted by Gasteiger charge is 2.08. The molecule has 2 aromatic rings. The van der Waals surface area contributed by atoms with Crippen LogP contribution in [0.25, 0.3) is 0 Å². The topological polar surface area (TPSA) is 35.2 Å². The third-order valence-electron chi connectivity index (χ3n) is 2.74. The zero-order chi connectivity index (χ0) is 13.8. The average molecular weight is 275 g/mol. The van der Waals surface area contributed by atoms with Crippen molar-refractivity contribution in [3.63, 3.8) is 0 Å². The van der Waals surface area contributed by atoms with Gasteiger partial charge in [-0.1, -0.05) is 36.5 Å². The molecule has 4 heteroatoms. The van der Waals surface area contributed by atoms with E-state index < -0.39 is 0 Å². The first-order valence-electron chi connectivity index (χ1n) is 5.84. The highest BCUT2D eigenvalue weighted by molar-refractivity contribution is 7.80. The molecule has 2 nitrogen and oxygen atoms in total. The standard InChI is InChI=1S/C15H14FNOS/c1-10-6-7-12(15(17)19)14(8-10)18-9-11-4-2-3-5-13(11)16/h2-8H,9H2,1H3,(H2,17,19). The Morgan fingerprint density at radius 2 is 2.00 bits per heavy atom. The smallest absolute Gasteiger partial charge is 0.130 e. The third kappa shape index (κ3) is 3.29. The second kappa shape index (κ2) is 5.80. The Bertz CT molecular complexity index is 613. The van der Waals surface area contributed by atoms with Crippen molar-refractivity contribution >= 4 is 17.2 Å². The van der Waals surface area contributed by atoms with E-state index in [-0.39, 0.29) is 17.4 Å². The van der Waals surface area contributed by atoms with Gasteiger partial charge in [-0.25, -0.2) is 4.39 Å². The van der Waals surface area contributed by atoms with E-state index in [0.29, 0.717) is 16.9 Å². The third-order valence-corrected chi connectivity index (χ3v) is 2.96. The molecule has 0 aliphatic carbocycles. The van der Waals surface area contributed by atoms with Crippen LogP contribution in [0, 0.1) is 12.7 Å². The predicted molar refractivity (Wildman–Crippen MR) is 77.8 cm³/mol. The van der Waals surface area contributed by atoms with Crippen molar-refractivity contribution in [3.05, 3.63) is 65.0 Å². The first-order valence-corrected chi connectivity index (χ1v) is 6.25. The zero-order valence-electron chi connectivity index (χ0n) is 10.5. The van der Waals surface area contributed by atoms with E-state index in [1.54, 1.807) is 18.2 Å². The second-order valence-corrected chi connectivity index (χ2v) is 4.68. The first-order chi connectivity index (χ1) is 9.08. The lowest BCUT2D eigenvalue weighted by molar-refractivity contribution is 0.299. The maximum atomic E-state index is 13.5. The van der Waals surface area contributed by atoms with Gasteiger partial charge in [-0.3, -0.25) is 0 Å². The number of hydrogen-bond donors (Lipinski definition) is 1. The summed E-state index contributed by atoms with van der Waals surface area (Å²) in [4.78, 5) is 0.267. The molecule has 0 fully saturated rings. The van der Waals surface area contributed by atoms with E-state index in [9.17, 15) is 4.39 Å². The summed E-state index contributed by atoms with van der Waals surface area (Å²) in [6.45, 7) is 2.09. The molecule has 0 aromatic heterocycles. The fourth-order valence-corrected chi connectivity index (χ4v) is 1.89. The minimum atomic E-state index is -0.285. The molecule has 0 radical (unpaired) electrons. The number of thiocarbonyl (C=S) groups is 1. The molecule has 98 valence electrons. The summed E-state index contributed by atoms with van der Waals surface area (Å²) in [6.07, 6.45) is 0. The van der Waals surface area contributed by atoms with Crippen LogP contribution in [-0.4, -0.2) is 4.99 Å². The minimum Gasteiger partial charge on any atom is -0.488 e. The molecule has 0 bridgehead atoms. The lowest BCUT2D eigenvalue weighted by Gasteiger charge is -2.12. The van der Waals surface area contributed by atoms with Crippen molar-refractivity contribution in [1.82, 2.24) is 0 Å². The molecule has 0 saturated carbocycles. The second-order valence-electron chi connectivity index (χ2n) is 4.24.